The Kier molecular flexibility index (Phi) is 4.24. The van der Waals surface area contributed by atoms with Crippen LogP contribution in [0.3, 0.4) is 0 Å². The summed E-state index contributed by atoms with van der Waals surface area (Å²) in [7, 11) is -3.14. The molecule has 0 aliphatic carbocycles. The molecule has 4 nitrogen and oxygen atoms in total. The molecule has 6 heteroatoms. The second-order valence-electron chi connectivity index (χ2n) is 4.05. The Morgan fingerprint density at radius 2 is 1.89 bits per heavy atom. The van der Waals surface area contributed by atoms with Gasteiger partial charge < -0.3 is 5.73 Å². The van der Waals surface area contributed by atoms with E-state index in [-0.39, 0.29) is 0 Å². The molecule has 1 heterocycles. The molecule has 2 rings (SSSR count). The van der Waals surface area contributed by atoms with Crippen molar-refractivity contribution in [3.8, 4) is 0 Å². The fourth-order valence-corrected chi connectivity index (χ4v) is 2.98. The minimum atomic E-state index is -3.14. The summed E-state index contributed by atoms with van der Waals surface area (Å²) in [6, 6.07) is 10.6. The van der Waals surface area contributed by atoms with Crippen molar-refractivity contribution in [2.45, 2.75) is 21.4 Å². The van der Waals surface area contributed by atoms with Gasteiger partial charge in [0.25, 0.3) is 0 Å². The molecule has 2 N–H and O–H groups in total. The van der Waals surface area contributed by atoms with Gasteiger partial charge in [0.2, 0.25) is 0 Å². The summed E-state index contributed by atoms with van der Waals surface area (Å²) in [6.45, 7) is 0.475. The number of sulfone groups is 1. The van der Waals surface area contributed by atoms with Crippen molar-refractivity contribution < 1.29 is 8.42 Å². The van der Waals surface area contributed by atoms with E-state index >= 15 is 0 Å². The highest BCUT2D eigenvalue weighted by molar-refractivity contribution is 7.99. The third-order valence-corrected chi connectivity index (χ3v) is 4.58. The van der Waals surface area contributed by atoms with Crippen LogP contribution in [0.5, 0.6) is 0 Å². The van der Waals surface area contributed by atoms with E-state index in [1.165, 1.54) is 18.0 Å². The van der Waals surface area contributed by atoms with Gasteiger partial charge in [-0.05, 0) is 42.0 Å². The second-order valence-corrected chi connectivity index (χ2v) is 7.16. The lowest BCUT2D eigenvalue weighted by Crippen LogP contribution is -1.97. The summed E-state index contributed by atoms with van der Waals surface area (Å²) in [6.07, 6.45) is 2.91. The van der Waals surface area contributed by atoms with Crippen LogP contribution < -0.4 is 5.73 Å². The maximum absolute atomic E-state index is 11.4. The number of benzene rings is 1. The maximum atomic E-state index is 11.4. The Morgan fingerprint density at radius 1 is 1.21 bits per heavy atom. The van der Waals surface area contributed by atoms with Gasteiger partial charge >= 0.3 is 0 Å². The van der Waals surface area contributed by atoms with Crippen molar-refractivity contribution in [3.05, 3.63) is 48.2 Å². The van der Waals surface area contributed by atoms with Crippen molar-refractivity contribution in [3.63, 3.8) is 0 Å². The number of rotatable bonds is 4. The first-order valence-electron chi connectivity index (χ1n) is 5.62. The van der Waals surface area contributed by atoms with E-state index in [4.69, 9.17) is 5.73 Å². The summed E-state index contributed by atoms with van der Waals surface area (Å²) >= 11 is 1.47. The summed E-state index contributed by atoms with van der Waals surface area (Å²) in [5.74, 6) is 0. The molecule has 19 heavy (non-hydrogen) atoms. The van der Waals surface area contributed by atoms with E-state index < -0.39 is 9.84 Å². The molecule has 0 unspecified atom stereocenters. The minimum absolute atomic E-state index is 0.320. The number of hydrogen-bond acceptors (Lipinski definition) is 5. The van der Waals surface area contributed by atoms with E-state index in [9.17, 15) is 8.42 Å². The van der Waals surface area contributed by atoms with Crippen molar-refractivity contribution in [2.24, 2.45) is 5.73 Å². The van der Waals surface area contributed by atoms with E-state index in [2.05, 4.69) is 4.98 Å². The highest BCUT2D eigenvalue weighted by atomic mass is 32.2. The first-order chi connectivity index (χ1) is 8.99. The van der Waals surface area contributed by atoms with Crippen LogP contribution in [-0.4, -0.2) is 19.7 Å². The number of nitrogens with two attached hydrogens (primary N) is 1. The third-order valence-electron chi connectivity index (χ3n) is 2.51. The Balaban J connectivity index is 2.19. The minimum Gasteiger partial charge on any atom is -0.326 e. The first-order valence-corrected chi connectivity index (χ1v) is 8.33. The highest BCUT2D eigenvalue weighted by Gasteiger charge is 2.07. The molecule has 0 radical (unpaired) electrons. The molecule has 0 atom stereocenters. The maximum Gasteiger partial charge on any atom is 0.175 e. The SMILES string of the molecule is CS(=O)(=O)c1ccc(Sc2cc(CN)ccn2)cc1. The largest absolute Gasteiger partial charge is 0.326 e. The van der Waals surface area contributed by atoms with Crippen molar-refractivity contribution in [2.75, 3.05) is 6.26 Å². The Labute approximate surface area is 117 Å². The van der Waals surface area contributed by atoms with Crippen molar-refractivity contribution in [1.82, 2.24) is 4.98 Å². The zero-order valence-electron chi connectivity index (χ0n) is 10.4. The van der Waals surface area contributed by atoms with Crippen LogP contribution in [0, 0.1) is 0 Å². The van der Waals surface area contributed by atoms with Gasteiger partial charge in [-0.1, -0.05) is 11.8 Å². The van der Waals surface area contributed by atoms with E-state index in [1.54, 1.807) is 30.5 Å². The molecule has 0 aliphatic rings. The topological polar surface area (TPSA) is 73.0 Å². The van der Waals surface area contributed by atoms with Crippen LogP contribution in [0.4, 0.5) is 0 Å². The number of hydrogen-bond donors (Lipinski definition) is 1. The molecular weight excluding hydrogens is 280 g/mol. The highest BCUT2D eigenvalue weighted by Crippen LogP contribution is 2.27. The van der Waals surface area contributed by atoms with Gasteiger partial charge in [-0.2, -0.15) is 0 Å². The van der Waals surface area contributed by atoms with Crippen LogP contribution in [0.2, 0.25) is 0 Å². The molecule has 0 saturated carbocycles. The van der Waals surface area contributed by atoms with Gasteiger partial charge in [0, 0.05) is 23.9 Å². The number of nitrogens with zero attached hydrogens (tertiary/aromatic N) is 1. The lowest BCUT2D eigenvalue weighted by atomic mass is 10.3. The van der Waals surface area contributed by atoms with Crippen LogP contribution in [0.15, 0.2) is 57.4 Å². The molecule has 100 valence electrons. The van der Waals surface area contributed by atoms with E-state index in [0.29, 0.717) is 11.4 Å². The zero-order chi connectivity index (χ0) is 13.9. The second kappa shape index (κ2) is 5.73. The van der Waals surface area contributed by atoms with Crippen molar-refractivity contribution in [1.29, 1.82) is 0 Å². The fourth-order valence-electron chi connectivity index (χ4n) is 1.51. The Hall–Kier alpha value is -1.37. The molecule has 0 fully saturated rings. The number of aromatic nitrogens is 1. The van der Waals surface area contributed by atoms with Crippen LogP contribution in [-0.2, 0) is 16.4 Å². The monoisotopic (exact) mass is 294 g/mol. The summed E-state index contributed by atoms with van der Waals surface area (Å²) in [5.41, 5.74) is 6.59. The lowest BCUT2D eigenvalue weighted by Gasteiger charge is -2.04. The average Bonchev–Trinajstić information content (AvgIpc) is 2.38. The standard InChI is InChI=1S/C13H14N2O2S2/c1-19(16,17)12-4-2-11(3-5-12)18-13-8-10(9-14)6-7-15-13/h2-8H,9,14H2,1H3. The number of pyridine rings is 1. The molecule has 0 spiro atoms. The van der Waals surface area contributed by atoms with Crippen LogP contribution in [0.1, 0.15) is 5.56 Å². The van der Waals surface area contributed by atoms with Gasteiger partial charge in [-0.25, -0.2) is 13.4 Å². The normalized spacial score (nSPS) is 11.5. The quantitative estimate of drug-likeness (QED) is 0.934. The van der Waals surface area contributed by atoms with Gasteiger partial charge in [0.05, 0.1) is 4.90 Å². The molecule has 0 amide bonds. The smallest absolute Gasteiger partial charge is 0.175 e. The summed E-state index contributed by atoms with van der Waals surface area (Å²) in [4.78, 5) is 5.50. The molecule has 0 saturated heterocycles. The average molecular weight is 294 g/mol. The van der Waals surface area contributed by atoms with Crippen LogP contribution in [0.25, 0.3) is 0 Å². The lowest BCUT2D eigenvalue weighted by molar-refractivity contribution is 0.602. The molecule has 1 aromatic carbocycles. The molecule has 0 aliphatic heterocycles. The molecular formula is C13H14N2O2S2. The van der Waals surface area contributed by atoms with Crippen molar-refractivity contribution >= 4 is 21.6 Å². The first kappa shape index (κ1) is 14.0. The van der Waals surface area contributed by atoms with Gasteiger partial charge in [0.15, 0.2) is 9.84 Å². The van der Waals surface area contributed by atoms with Gasteiger partial charge in [0.1, 0.15) is 5.03 Å². The summed E-state index contributed by atoms with van der Waals surface area (Å²) in [5, 5.41) is 0.843. The van der Waals surface area contributed by atoms with E-state index in [0.717, 1.165) is 15.5 Å². The third kappa shape index (κ3) is 3.79. The summed E-state index contributed by atoms with van der Waals surface area (Å²) < 4.78 is 22.7. The Bertz CT molecular complexity index is 667. The molecule has 1 aromatic heterocycles. The predicted octanol–water partition coefficient (Wildman–Crippen LogP) is 2.10. The molecule has 2 aromatic rings. The predicted molar refractivity (Wildman–Crippen MR) is 75.8 cm³/mol. The van der Waals surface area contributed by atoms with Gasteiger partial charge in [-0.15, -0.1) is 0 Å². The van der Waals surface area contributed by atoms with Gasteiger partial charge in [-0.3, -0.25) is 0 Å². The molecule has 0 bridgehead atoms. The zero-order valence-corrected chi connectivity index (χ0v) is 12.0. The van der Waals surface area contributed by atoms with Crippen LogP contribution >= 0.6 is 11.8 Å². The fraction of sp³-hybridized carbons (Fsp3) is 0.154. The Morgan fingerprint density at radius 3 is 2.47 bits per heavy atom. The van der Waals surface area contributed by atoms with E-state index in [1.807, 2.05) is 12.1 Å².